The van der Waals surface area contributed by atoms with Crippen LogP contribution in [0.4, 0.5) is 4.39 Å². The molecule has 0 saturated heterocycles. The highest BCUT2D eigenvalue weighted by molar-refractivity contribution is 8.13. The lowest BCUT2D eigenvalue weighted by molar-refractivity contribution is 0.143. The van der Waals surface area contributed by atoms with Crippen molar-refractivity contribution in [3.8, 4) is 5.88 Å². The molecule has 27 heavy (non-hydrogen) atoms. The highest BCUT2D eigenvalue weighted by Gasteiger charge is 2.32. The Bertz CT molecular complexity index is 833. The number of hydrogen-bond acceptors (Lipinski definition) is 7. The van der Waals surface area contributed by atoms with Crippen molar-refractivity contribution in [3.63, 3.8) is 0 Å². The smallest absolute Gasteiger partial charge is 0.216 e. The first kappa shape index (κ1) is 19.6. The van der Waals surface area contributed by atoms with Gasteiger partial charge in [0.1, 0.15) is 18.2 Å². The van der Waals surface area contributed by atoms with E-state index >= 15 is 0 Å². The zero-order chi connectivity index (χ0) is 19.3. The molecule has 0 radical (unpaired) electrons. The fourth-order valence-electron chi connectivity index (χ4n) is 2.93. The van der Waals surface area contributed by atoms with Crippen LogP contribution in [0.5, 0.6) is 5.88 Å². The highest BCUT2D eigenvalue weighted by atomic mass is 32.2. The van der Waals surface area contributed by atoms with E-state index in [4.69, 9.17) is 15.2 Å². The van der Waals surface area contributed by atoms with E-state index in [2.05, 4.69) is 15.0 Å². The highest BCUT2D eigenvalue weighted by Crippen LogP contribution is 2.36. The molecule has 1 aliphatic heterocycles. The summed E-state index contributed by atoms with van der Waals surface area (Å²) in [4.78, 5) is 13.2. The molecule has 8 heteroatoms. The molecule has 0 fully saturated rings. The minimum atomic E-state index is -0.651. The van der Waals surface area contributed by atoms with Gasteiger partial charge in [-0.3, -0.25) is 4.99 Å². The normalized spacial score (nSPS) is 19.6. The second-order valence-electron chi connectivity index (χ2n) is 6.47. The van der Waals surface area contributed by atoms with Gasteiger partial charge in [-0.05, 0) is 31.0 Å². The number of aliphatic imine (C=N–C) groups is 1. The number of benzene rings is 1. The molecular weight excluding hydrogens is 367 g/mol. The van der Waals surface area contributed by atoms with Crippen LogP contribution in [0.1, 0.15) is 30.3 Å². The number of nitrogens with two attached hydrogens (primary N) is 1. The summed E-state index contributed by atoms with van der Waals surface area (Å²) in [6, 6.07) is 6.76. The average molecular weight is 390 g/mol. The SMILES string of the molecule is COCCOc1ccnc(Cc2ccc(F)c([C@]3(C)CCSC(N)=N3)c2)n1. The van der Waals surface area contributed by atoms with Gasteiger partial charge in [-0.2, -0.15) is 4.98 Å². The molecule has 1 aliphatic rings. The van der Waals surface area contributed by atoms with Crippen molar-refractivity contribution in [2.24, 2.45) is 10.7 Å². The van der Waals surface area contributed by atoms with Crippen molar-refractivity contribution < 1.29 is 13.9 Å². The first-order valence-electron chi connectivity index (χ1n) is 8.71. The molecule has 1 aromatic carbocycles. The second kappa shape index (κ2) is 8.67. The summed E-state index contributed by atoms with van der Waals surface area (Å²) in [6.07, 6.45) is 2.86. The van der Waals surface area contributed by atoms with Gasteiger partial charge >= 0.3 is 0 Å². The molecule has 1 aromatic heterocycles. The molecule has 3 rings (SSSR count). The Hall–Kier alpha value is -2.19. The van der Waals surface area contributed by atoms with E-state index in [-0.39, 0.29) is 5.82 Å². The lowest BCUT2D eigenvalue weighted by Crippen LogP contribution is -2.29. The third-order valence-corrected chi connectivity index (χ3v) is 5.18. The predicted octanol–water partition coefficient (Wildman–Crippen LogP) is 2.90. The Morgan fingerprint density at radius 2 is 2.15 bits per heavy atom. The number of amidine groups is 1. The van der Waals surface area contributed by atoms with Crippen LogP contribution in [0.2, 0.25) is 0 Å². The Labute approximate surface area is 162 Å². The molecule has 6 nitrogen and oxygen atoms in total. The van der Waals surface area contributed by atoms with E-state index < -0.39 is 5.54 Å². The summed E-state index contributed by atoms with van der Waals surface area (Å²) >= 11 is 1.50. The molecule has 0 aliphatic carbocycles. The molecule has 0 bridgehead atoms. The van der Waals surface area contributed by atoms with E-state index in [0.717, 1.165) is 17.7 Å². The van der Waals surface area contributed by atoms with Crippen LogP contribution >= 0.6 is 11.8 Å². The van der Waals surface area contributed by atoms with Crippen LogP contribution in [0, 0.1) is 5.82 Å². The summed E-state index contributed by atoms with van der Waals surface area (Å²) in [6.45, 7) is 2.83. The van der Waals surface area contributed by atoms with Gasteiger partial charge in [0.25, 0.3) is 0 Å². The number of thioether (sulfide) groups is 1. The fraction of sp³-hybridized carbons (Fsp3) is 0.421. The first-order valence-corrected chi connectivity index (χ1v) is 9.69. The van der Waals surface area contributed by atoms with Crippen molar-refractivity contribution in [1.82, 2.24) is 9.97 Å². The molecule has 2 N–H and O–H groups in total. The van der Waals surface area contributed by atoms with Crippen LogP contribution < -0.4 is 10.5 Å². The molecule has 2 heterocycles. The lowest BCUT2D eigenvalue weighted by atomic mass is 9.88. The minimum absolute atomic E-state index is 0.276. The summed E-state index contributed by atoms with van der Waals surface area (Å²) < 4.78 is 25.0. The minimum Gasteiger partial charge on any atom is -0.475 e. The maximum atomic E-state index is 14.5. The summed E-state index contributed by atoms with van der Waals surface area (Å²) in [5, 5.41) is 0.498. The van der Waals surface area contributed by atoms with Crippen molar-refractivity contribution in [3.05, 3.63) is 53.2 Å². The van der Waals surface area contributed by atoms with Gasteiger partial charge in [0, 0.05) is 37.1 Å². The number of halogens is 1. The standard InChI is InChI=1S/C19H23FN4O2S/c1-19(6-10-27-18(21)24-19)14-11-13(3-4-15(14)20)12-16-22-7-5-17(23-16)26-9-8-25-2/h3-5,7,11H,6,8-10,12H2,1-2H3,(H2,21,24)/t19-/m0/s1. The summed E-state index contributed by atoms with van der Waals surface area (Å²) in [5.74, 6) is 1.64. The van der Waals surface area contributed by atoms with Crippen LogP contribution in [0.3, 0.4) is 0 Å². The van der Waals surface area contributed by atoms with E-state index in [1.807, 2.05) is 13.0 Å². The molecule has 1 atom stereocenters. The first-order chi connectivity index (χ1) is 13.0. The summed E-state index contributed by atoms with van der Waals surface area (Å²) in [7, 11) is 1.62. The molecular formula is C19H23FN4O2S. The molecule has 144 valence electrons. The molecule has 2 aromatic rings. The summed E-state index contributed by atoms with van der Waals surface area (Å²) in [5.41, 5.74) is 6.68. The van der Waals surface area contributed by atoms with Crippen molar-refractivity contribution in [2.45, 2.75) is 25.3 Å². The van der Waals surface area contributed by atoms with E-state index in [1.54, 1.807) is 25.4 Å². The van der Waals surface area contributed by atoms with Crippen molar-refractivity contribution in [2.75, 3.05) is 26.1 Å². The number of methoxy groups -OCH3 is 1. The maximum Gasteiger partial charge on any atom is 0.216 e. The van der Waals surface area contributed by atoms with Gasteiger partial charge < -0.3 is 15.2 Å². The maximum absolute atomic E-state index is 14.5. The molecule has 0 unspecified atom stereocenters. The van der Waals surface area contributed by atoms with Crippen LogP contribution in [0.25, 0.3) is 0 Å². The van der Waals surface area contributed by atoms with Crippen LogP contribution in [0.15, 0.2) is 35.5 Å². The fourth-order valence-corrected chi connectivity index (χ4v) is 3.91. The van der Waals surface area contributed by atoms with Gasteiger partial charge in [0.05, 0.1) is 12.1 Å². The lowest BCUT2D eigenvalue weighted by Gasteiger charge is -2.30. The van der Waals surface area contributed by atoms with Crippen molar-refractivity contribution in [1.29, 1.82) is 0 Å². The molecule has 0 spiro atoms. The second-order valence-corrected chi connectivity index (χ2v) is 7.58. The largest absolute Gasteiger partial charge is 0.475 e. The Kier molecular flexibility index (Phi) is 6.28. The Morgan fingerprint density at radius 1 is 1.30 bits per heavy atom. The number of hydrogen-bond donors (Lipinski definition) is 1. The van der Waals surface area contributed by atoms with E-state index in [1.165, 1.54) is 17.8 Å². The zero-order valence-corrected chi connectivity index (χ0v) is 16.3. The monoisotopic (exact) mass is 390 g/mol. The Balaban J connectivity index is 1.81. The third-order valence-electron chi connectivity index (χ3n) is 4.39. The van der Waals surface area contributed by atoms with Gasteiger partial charge in [0.2, 0.25) is 5.88 Å². The van der Waals surface area contributed by atoms with E-state index in [9.17, 15) is 4.39 Å². The topological polar surface area (TPSA) is 82.6 Å². The van der Waals surface area contributed by atoms with Crippen LogP contribution in [-0.2, 0) is 16.7 Å². The quantitative estimate of drug-likeness (QED) is 0.732. The van der Waals surface area contributed by atoms with Gasteiger partial charge in [0.15, 0.2) is 5.17 Å². The van der Waals surface area contributed by atoms with Crippen molar-refractivity contribution >= 4 is 16.9 Å². The van der Waals surface area contributed by atoms with Gasteiger partial charge in [-0.1, -0.05) is 17.8 Å². The average Bonchev–Trinajstić information content (AvgIpc) is 2.64. The number of nitrogens with zero attached hydrogens (tertiary/aromatic N) is 3. The van der Waals surface area contributed by atoms with E-state index in [0.29, 0.717) is 42.1 Å². The number of aromatic nitrogens is 2. The van der Waals surface area contributed by atoms with Crippen LogP contribution in [-0.4, -0.2) is 41.2 Å². The number of ether oxygens (including phenoxy) is 2. The Morgan fingerprint density at radius 3 is 2.93 bits per heavy atom. The van der Waals surface area contributed by atoms with Gasteiger partial charge in [-0.25, -0.2) is 9.37 Å². The number of rotatable bonds is 7. The third kappa shape index (κ3) is 4.95. The zero-order valence-electron chi connectivity index (χ0n) is 15.4. The predicted molar refractivity (Wildman–Crippen MR) is 105 cm³/mol. The molecule has 0 saturated carbocycles. The van der Waals surface area contributed by atoms with Gasteiger partial charge in [-0.15, -0.1) is 0 Å². The molecule has 0 amide bonds.